The van der Waals surface area contributed by atoms with Gasteiger partial charge in [0.05, 0.1) is 6.04 Å². The van der Waals surface area contributed by atoms with Crippen LogP contribution in [0, 0.1) is 0 Å². The average molecular weight is 246 g/mol. The van der Waals surface area contributed by atoms with Gasteiger partial charge in [0.25, 0.3) is 0 Å². The van der Waals surface area contributed by atoms with Crippen molar-refractivity contribution in [2.45, 2.75) is 32.7 Å². The first-order valence-electron chi connectivity index (χ1n) is 6.31. The topological polar surface area (TPSA) is 55.1 Å². The summed E-state index contributed by atoms with van der Waals surface area (Å²) < 4.78 is 0. The summed E-state index contributed by atoms with van der Waals surface area (Å²) in [5, 5.41) is 2.90. The molecule has 0 aliphatic heterocycles. The van der Waals surface area contributed by atoms with Crippen LogP contribution in [0.4, 0.5) is 0 Å². The number of hydrogen-bond donors (Lipinski definition) is 2. The summed E-state index contributed by atoms with van der Waals surface area (Å²) in [7, 11) is 0. The Morgan fingerprint density at radius 1 is 1.22 bits per heavy atom. The fourth-order valence-electron chi connectivity index (χ4n) is 1.69. The van der Waals surface area contributed by atoms with Crippen LogP contribution in [0.15, 0.2) is 36.4 Å². The molecule has 0 aliphatic rings. The van der Waals surface area contributed by atoms with Crippen molar-refractivity contribution in [1.82, 2.24) is 5.32 Å². The molecular formula is C15H22N2O. The second-order valence-corrected chi connectivity index (χ2v) is 4.69. The van der Waals surface area contributed by atoms with Gasteiger partial charge in [-0.3, -0.25) is 4.79 Å². The summed E-state index contributed by atoms with van der Waals surface area (Å²) >= 11 is 0. The predicted octanol–water partition coefficient (Wildman–Crippen LogP) is 2.50. The molecule has 18 heavy (non-hydrogen) atoms. The van der Waals surface area contributed by atoms with E-state index in [1.165, 1.54) is 11.6 Å². The van der Waals surface area contributed by atoms with Gasteiger partial charge in [0, 0.05) is 12.6 Å². The molecule has 3 N–H and O–H groups in total. The van der Waals surface area contributed by atoms with Gasteiger partial charge >= 0.3 is 0 Å². The zero-order valence-electron chi connectivity index (χ0n) is 11.3. The minimum Gasteiger partial charge on any atom is -0.346 e. The van der Waals surface area contributed by atoms with Gasteiger partial charge in [-0.15, -0.1) is 0 Å². The highest BCUT2D eigenvalue weighted by Crippen LogP contribution is 2.18. The molecule has 0 radical (unpaired) electrons. The van der Waals surface area contributed by atoms with Crippen molar-refractivity contribution in [3.05, 3.63) is 47.5 Å². The summed E-state index contributed by atoms with van der Waals surface area (Å²) in [5.41, 5.74) is 7.71. The van der Waals surface area contributed by atoms with Gasteiger partial charge in [-0.1, -0.05) is 44.2 Å². The van der Waals surface area contributed by atoms with E-state index in [0.29, 0.717) is 12.5 Å². The maximum Gasteiger partial charge on any atom is 0.244 e. The van der Waals surface area contributed by atoms with Crippen LogP contribution in [0.1, 0.15) is 43.9 Å². The molecule has 0 aromatic heterocycles. The minimum absolute atomic E-state index is 0.00105. The fourth-order valence-corrected chi connectivity index (χ4v) is 1.69. The Hall–Kier alpha value is -1.61. The number of nitrogens with two attached hydrogens (primary N) is 1. The number of rotatable bonds is 5. The lowest BCUT2D eigenvalue weighted by atomic mass is 9.99. The first-order valence-corrected chi connectivity index (χ1v) is 6.31. The SMILES string of the molecule is CC(C)c1ccc(C(C)NC(=O)/C=C/CN)cc1. The molecule has 1 unspecified atom stereocenters. The fraction of sp³-hybridized carbons (Fsp3) is 0.400. The maximum absolute atomic E-state index is 11.5. The lowest BCUT2D eigenvalue weighted by molar-refractivity contribution is -0.117. The van der Waals surface area contributed by atoms with Crippen molar-refractivity contribution in [2.75, 3.05) is 6.54 Å². The van der Waals surface area contributed by atoms with Crippen LogP contribution in [0.3, 0.4) is 0 Å². The largest absolute Gasteiger partial charge is 0.346 e. The number of benzene rings is 1. The Kier molecular flexibility index (Phi) is 5.59. The van der Waals surface area contributed by atoms with E-state index in [-0.39, 0.29) is 11.9 Å². The third-order valence-corrected chi connectivity index (χ3v) is 2.87. The third kappa shape index (κ3) is 4.34. The molecule has 1 rings (SSSR count). The molecule has 3 nitrogen and oxygen atoms in total. The van der Waals surface area contributed by atoms with Crippen LogP contribution in [-0.4, -0.2) is 12.5 Å². The minimum atomic E-state index is -0.110. The van der Waals surface area contributed by atoms with E-state index in [4.69, 9.17) is 5.73 Å². The second kappa shape index (κ2) is 6.97. The van der Waals surface area contributed by atoms with E-state index < -0.39 is 0 Å². The predicted molar refractivity (Wildman–Crippen MR) is 75.3 cm³/mol. The molecule has 3 heteroatoms. The molecule has 1 amide bonds. The Balaban J connectivity index is 2.64. The lowest BCUT2D eigenvalue weighted by Gasteiger charge is -2.14. The van der Waals surface area contributed by atoms with Gasteiger partial charge in [-0.2, -0.15) is 0 Å². The highest BCUT2D eigenvalue weighted by atomic mass is 16.1. The summed E-state index contributed by atoms with van der Waals surface area (Å²) in [6, 6.07) is 8.34. The van der Waals surface area contributed by atoms with Crippen LogP contribution in [0.25, 0.3) is 0 Å². The zero-order valence-corrected chi connectivity index (χ0v) is 11.3. The van der Waals surface area contributed by atoms with Crippen molar-refractivity contribution in [3.8, 4) is 0 Å². The second-order valence-electron chi connectivity index (χ2n) is 4.69. The molecule has 0 saturated heterocycles. The molecule has 0 fully saturated rings. The van der Waals surface area contributed by atoms with Crippen LogP contribution < -0.4 is 11.1 Å². The molecule has 1 aromatic carbocycles. The van der Waals surface area contributed by atoms with Crippen LogP contribution in [-0.2, 0) is 4.79 Å². The number of nitrogens with one attached hydrogen (secondary N) is 1. The Morgan fingerprint density at radius 3 is 2.28 bits per heavy atom. The molecular weight excluding hydrogens is 224 g/mol. The van der Waals surface area contributed by atoms with Gasteiger partial charge in [-0.05, 0) is 24.0 Å². The van der Waals surface area contributed by atoms with Crippen molar-refractivity contribution < 1.29 is 4.79 Å². The summed E-state index contributed by atoms with van der Waals surface area (Å²) in [5.74, 6) is 0.414. The van der Waals surface area contributed by atoms with Gasteiger partial charge in [0.15, 0.2) is 0 Å². The van der Waals surface area contributed by atoms with Gasteiger partial charge in [-0.25, -0.2) is 0 Å². The van der Waals surface area contributed by atoms with Crippen molar-refractivity contribution in [2.24, 2.45) is 5.73 Å². The third-order valence-electron chi connectivity index (χ3n) is 2.87. The summed E-state index contributed by atoms with van der Waals surface area (Å²) in [6.45, 7) is 6.68. The highest BCUT2D eigenvalue weighted by Gasteiger charge is 2.07. The summed E-state index contributed by atoms with van der Waals surface area (Å²) in [4.78, 5) is 11.5. The molecule has 0 aliphatic carbocycles. The number of carbonyl (C=O) groups excluding carboxylic acids is 1. The molecule has 0 bridgehead atoms. The van der Waals surface area contributed by atoms with Crippen LogP contribution >= 0.6 is 0 Å². The Morgan fingerprint density at radius 2 is 1.78 bits per heavy atom. The van der Waals surface area contributed by atoms with E-state index in [9.17, 15) is 4.79 Å². The van der Waals surface area contributed by atoms with Crippen molar-refractivity contribution in [3.63, 3.8) is 0 Å². The molecule has 0 spiro atoms. The normalized spacial score (nSPS) is 12.9. The Labute approximate surface area is 109 Å². The van der Waals surface area contributed by atoms with E-state index in [2.05, 4.69) is 43.4 Å². The van der Waals surface area contributed by atoms with E-state index in [0.717, 1.165) is 5.56 Å². The van der Waals surface area contributed by atoms with Crippen LogP contribution in [0.5, 0.6) is 0 Å². The first kappa shape index (κ1) is 14.5. The molecule has 98 valence electrons. The first-order chi connectivity index (χ1) is 8.54. The maximum atomic E-state index is 11.5. The van der Waals surface area contributed by atoms with Crippen molar-refractivity contribution in [1.29, 1.82) is 0 Å². The van der Waals surface area contributed by atoms with E-state index >= 15 is 0 Å². The standard InChI is InChI=1S/C15H22N2O/c1-11(2)13-6-8-14(9-7-13)12(3)17-15(18)5-4-10-16/h4-9,11-12H,10,16H2,1-3H3,(H,17,18)/b5-4+. The lowest BCUT2D eigenvalue weighted by Crippen LogP contribution is -2.24. The van der Waals surface area contributed by atoms with Crippen molar-refractivity contribution >= 4 is 5.91 Å². The average Bonchev–Trinajstić information content (AvgIpc) is 2.36. The smallest absolute Gasteiger partial charge is 0.244 e. The molecule has 1 atom stereocenters. The van der Waals surface area contributed by atoms with Gasteiger partial charge < -0.3 is 11.1 Å². The number of amides is 1. The number of hydrogen-bond acceptors (Lipinski definition) is 2. The molecule has 0 heterocycles. The summed E-state index contributed by atoms with van der Waals surface area (Å²) in [6.07, 6.45) is 3.11. The van der Waals surface area contributed by atoms with Gasteiger partial charge in [0.2, 0.25) is 5.91 Å². The van der Waals surface area contributed by atoms with Crippen LogP contribution in [0.2, 0.25) is 0 Å². The molecule has 0 saturated carbocycles. The van der Waals surface area contributed by atoms with E-state index in [1.807, 2.05) is 6.92 Å². The van der Waals surface area contributed by atoms with E-state index in [1.54, 1.807) is 6.08 Å². The highest BCUT2D eigenvalue weighted by molar-refractivity contribution is 5.87. The molecule has 1 aromatic rings. The Bertz CT molecular complexity index is 407. The monoisotopic (exact) mass is 246 g/mol. The number of carbonyl (C=O) groups is 1. The zero-order chi connectivity index (χ0) is 13.5. The quantitative estimate of drug-likeness (QED) is 0.784. The van der Waals surface area contributed by atoms with Gasteiger partial charge in [0.1, 0.15) is 0 Å².